The van der Waals surface area contributed by atoms with Crippen LogP contribution in [0.4, 0.5) is 4.79 Å². The van der Waals surface area contributed by atoms with E-state index in [0.29, 0.717) is 6.54 Å². The van der Waals surface area contributed by atoms with Crippen molar-refractivity contribution in [2.75, 3.05) is 19.6 Å². The number of aliphatic carboxylic acids is 1. The zero-order chi connectivity index (χ0) is 14.0. The maximum atomic E-state index is 12.0. The molecule has 0 radical (unpaired) electrons. The van der Waals surface area contributed by atoms with Crippen molar-refractivity contribution in [1.82, 2.24) is 15.5 Å². The van der Waals surface area contributed by atoms with E-state index in [1.807, 2.05) is 0 Å². The van der Waals surface area contributed by atoms with E-state index in [0.717, 1.165) is 24.2 Å². The third-order valence-corrected chi connectivity index (χ3v) is 3.96. The molecule has 1 saturated heterocycles. The number of rotatable bonds is 3. The van der Waals surface area contributed by atoms with Gasteiger partial charge >= 0.3 is 12.0 Å². The number of hydrogen-bond donors (Lipinski definition) is 3. The van der Waals surface area contributed by atoms with E-state index in [2.05, 4.69) is 17.6 Å². The topological polar surface area (TPSA) is 98.7 Å². The molecule has 7 nitrogen and oxygen atoms in total. The highest BCUT2D eigenvalue weighted by Gasteiger charge is 2.37. The minimum absolute atomic E-state index is 0.0428. The zero-order valence-corrected chi connectivity index (χ0v) is 10.9. The second-order valence-electron chi connectivity index (χ2n) is 5.61. The van der Waals surface area contributed by atoms with Gasteiger partial charge < -0.3 is 15.7 Å². The van der Waals surface area contributed by atoms with E-state index < -0.39 is 18.0 Å². The van der Waals surface area contributed by atoms with Gasteiger partial charge in [-0.2, -0.15) is 0 Å². The molecule has 1 unspecified atom stereocenters. The van der Waals surface area contributed by atoms with Crippen LogP contribution in [0.15, 0.2) is 0 Å². The Kier molecular flexibility index (Phi) is 3.64. The monoisotopic (exact) mass is 269 g/mol. The highest BCUT2D eigenvalue weighted by Crippen LogP contribution is 2.39. The van der Waals surface area contributed by atoms with Crippen LogP contribution in [0.3, 0.4) is 0 Å². The number of hydrogen-bond acceptors (Lipinski definition) is 3. The van der Waals surface area contributed by atoms with Gasteiger partial charge in [-0.3, -0.25) is 9.69 Å². The number of urea groups is 1. The van der Waals surface area contributed by atoms with Crippen molar-refractivity contribution in [3.8, 4) is 0 Å². The fraction of sp³-hybridized carbons (Fsp3) is 0.750. The summed E-state index contributed by atoms with van der Waals surface area (Å²) in [5.41, 5.74) is 0.117. The van der Waals surface area contributed by atoms with Gasteiger partial charge in [0.15, 0.2) is 0 Å². The predicted octanol–water partition coefficient (Wildman–Crippen LogP) is -0.229. The second-order valence-corrected chi connectivity index (χ2v) is 5.61. The van der Waals surface area contributed by atoms with E-state index in [9.17, 15) is 14.4 Å². The van der Waals surface area contributed by atoms with Crippen LogP contribution in [0.25, 0.3) is 0 Å². The Morgan fingerprint density at radius 1 is 1.53 bits per heavy atom. The largest absolute Gasteiger partial charge is 0.480 e. The number of nitrogens with one attached hydrogen (secondary N) is 2. The van der Waals surface area contributed by atoms with E-state index >= 15 is 0 Å². The summed E-state index contributed by atoms with van der Waals surface area (Å²) in [7, 11) is 0. The molecule has 3 amide bonds. The van der Waals surface area contributed by atoms with E-state index in [4.69, 9.17) is 5.11 Å². The first-order chi connectivity index (χ1) is 8.91. The molecule has 0 aromatic rings. The summed E-state index contributed by atoms with van der Waals surface area (Å²) >= 11 is 0. The van der Waals surface area contributed by atoms with E-state index in [1.54, 1.807) is 0 Å². The lowest BCUT2D eigenvalue weighted by Gasteiger charge is -2.39. The van der Waals surface area contributed by atoms with E-state index in [-0.39, 0.29) is 24.4 Å². The van der Waals surface area contributed by atoms with Crippen LogP contribution < -0.4 is 10.6 Å². The van der Waals surface area contributed by atoms with Crippen molar-refractivity contribution in [1.29, 1.82) is 0 Å². The molecule has 2 fully saturated rings. The second kappa shape index (κ2) is 5.07. The fourth-order valence-electron chi connectivity index (χ4n) is 2.42. The van der Waals surface area contributed by atoms with Gasteiger partial charge in [-0.1, -0.05) is 13.3 Å². The Labute approximate surface area is 111 Å². The summed E-state index contributed by atoms with van der Waals surface area (Å²) in [6, 6.07) is -1.47. The molecule has 106 valence electrons. The molecule has 2 rings (SSSR count). The Hall–Kier alpha value is -1.79. The van der Waals surface area contributed by atoms with Crippen LogP contribution in [0, 0.1) is 5.41 Å². The molecular weight excluding hydrogens is 250 g/mol. The Balaban J connectivity index is 1.94. The van der Waals surface area contributed by atoms with Gasteiger partial charge in [0.05, 0.1) is 0 Å². The van der Waals surface area contributed by atoms with Crippen LogP contribution in [0.2, 0.25) is 0 Å². The first-order valence-electron chi connectivity index (χ1n) is 6.45. The van der Waals surface area contributed by atoms with Crippen molar-refractivity contribution >= 4 is 17.9 Å². The molecule has 0 bridgehead atoms. The molecule has 1 atom stereocenters. The lowest BCUT2D eigenvalue weighted by molar-refractivity contribution is -0.144. The Bertz CT molecular complexity index is 406. The zero-order valence-electron chi connectivity index (χ0n) is 10.9. The summed E-state index contributed by atoms with van der Waals surface area (Å²) in [4.78, 5) is 35.5. The molecule has 1 aliphatic carbocycles. The van der Waals surface area contributed by atoms with Gasteiger partial charge in [-0.25, -0.2) is 9.59 Å². The summed E-state index contributed by atoms with van der Waals surface area (Å²) in [6.07, 6.45) is 3.29. The molecule has 0 aromatic heterocycles. The standard InChI is InChI=1S/C12H19N3O4/c1-12(3-2-4-12)7-14-11(19)15-6-9(16)13-5-8(15)10(17)18/h8H,2-7H2,1H3,(H,13,16)(H,14,19)(H,17,18). The third-order valence-electron chi connectivity index (χ3n) is 3.96. The molecule has 2 aliphatic rings. The summed E-state index contributed by atoms with van der Waals surface area (Å²) in [6.45, 7) is 2.36. The van der Waals surface area contributed by atoms with Crippen LogP contribution in [-0.4, -0.2) is 53.6 Å². The molecular formula is C12H19N3O4. The average molecular weight is 269 g/mol. The number of nitrogens with zero attached hydrogens (tertiary/aromatic N) is 1. The van der Waals surface area contributed by atoms with Gasteiger partial charge in [0.2, 0.25) is 5.91 Å². The molecule has 7 heteroatoms. The SMILES string of the molecule is CC1(CNC(=O)N2CC(=O)NCC2C(=O)O)CCC1. The molecule has 0 spiro atoms. The Morgan fingerprint density at radius 2 is 2.21 bits per heavy atom. The quantitative estimate of drug-likeness (QED) is 0.659. The number of carboxylic acids is 1. The van der Waals surface area contributed by atoms with Gasteiger partial charge in [-0.05, 0) is 18.3 Å². The van der Waals surface area contributed by atoms with Crippen LogP contribution in [0.1, 0.15) is 26.2 Å². The number of amides is 3. The molecule has 1 saturated carbocycles. The summed E-state index contributed by atoms with van der Waals surface area (Å²) in [5, 5.41) is 14.3. The predicted molar refractivity (Wildman–Crippen MR) is 66.5 cm³/mol. The first kappa shape index (κ1) is 13.6. The number of carbonyl (C=O) groups is 3. The van der Waals surface area contributed by atoms with Crippen molar-refractivity contribution in [2.45, 2.75) is 32.2 Å². The fourth-order valence-corrected chi connectivity index (χ4v) is 2.42. The molecule has 19 heavy (non-hydrogen) atoms. The van der Waals surface area contributed by atoms with Crippen LogP contribution in [-0.2, 0) is 9.59 Å². The maximum Gasteiger partial charge on any atom is 0.328 e. The minimum atomic E-state index is -1.11. The highest BCUT2D eigenvalue weighted by atomic mass is 16.4. The third kappa shape index (κ3) is 2.97. The lowest BCUT2D eigenvalue weighted by Crippen LogP contribution is -2.62. The van der Waals surface area contributed by atoms with Crippen LogP contribution >= 0.6 is 0 Å². The molecule has 1 heterocycles. The molecule has 0 aromatic carbocycles. The van der Waals surface area contributed by atoms with E-state index in [1.165, 1.54) is 0 Å². The number of piperazine rings is 1. The highest BCUT2D eigenvalue weighted by molar-refractivity contribution is 5.90. The van der Waals surface area contributed by atoms with Gasteiger partial charge in [-0.15, -0.1) is 0 Å². The summed E-state index contributed by atoms with van der Waals surface area (Å²) < 4.78 is 0. The van der Waals surface area contributed by atoms with Crippen molar-refractivity contribution in [3.63, 3.8) is 0 Å². The first-order valence-corrected chi connectivity index (χ1v) is 6.45. The van der Waals surface area contributed by atoms with Gasteiger partial charge in [0.25, 0.3) is 0 Å². The number of carbonyl (C=O) groups excluding carboxylic acids is 2. The number of carboxylic acid groups (broad SMARTS) is 1. The van der Waals surface area contributed by atoms with Crippen molar-refractivity contribution in [3.05, 3.63) is 0 Å². The maximum absolute atomic E-state index is 12.0. The van der Waals surface area contributed by atoms with Crippen LogP contribution in [0.5, 0.6) is 0 Å². The average Bonchev–Trinajstić information content (AvgIpc) is 2.33. The normalized spacial score (nSPS) is 25.2. The lowest BCUT2D eigenvalue weighted by atomic mass is 9.70. The molecule has 1 aliphatic heterocycles. The van der Waals surface area contributed by atoms with Gasteiger partial charge in [0, 0.05) is 13.1 Å². The molecule has 3 N–H and O–H groups in total. The Morgan fingerprint density at radius 3 is 2.74 bits per heavy atom. The van der Waals surface area contributed by atoms with Crippen molar-refractivity contribution < 1.29 is 19.5 Å². The van der Waals surface area contributed by atoms with Crippen molar-refractivity contribution in [2.24, 2.45) is 5.41 Å². The minimum Gasteiger partial charge on any atom is -0.480 e. The smallest absolute Gasteiger partial charge is 0.328 e. The summed E-state index contributed by atoms with van der Waals surface area (Å²) in [5.74, 6) is -1.44. The van der Waals surface area contributed by atoms with Gasteiger partial charge in [0.1, 0.15) is 12.6 Å².